The molecule has 0 atom stereocenters. The third kappa shape index (κ3) is 7.89. The zero-order valence-electron chi connectivity index (χ0n) is 17.1. The maximum absolute atomic E-state index is 12.4. The molecule has 6 nitrogen and oxygen atoms in total. The molecule has 2 aromatic rings. The van der Waals surface area contributed by atoms with Gasteiger partial charge in [0.2, 0.25) is 10.0 Å². The van der Waals surface area contributed by atoms with Crippen LogP contribution in [0.2, 0.25) is 5.02 Å². The first kappa shape index (κ1) is 26.4. The number of halogens is 2. The van der Waals surface area contributed by atoms with Crippen molar-refractivity contribution in [1.82, 2.24) is 4.90 Å². The van der Waals surface area contributed by atoms with Crippen molar-refractivity contribution in [2.45, 2.75) is 30.6 Å². The minimum atomic E-state index is -3.96. The zero-order valence-corrected chi connectivity index (χ0v) is 19.5. The summed E-state index contributed by atoms with van der Waals surface area (Å²) in [5.74, 6) is 0.0143. The van der Waals surface area contributed by atoms with E-state index >= 15 is 0 Å². The molecule has 0 fully saturated rings. The highest BCUT2D eigenvalue weighted by Gasteiger charge is 2.18. The van der Waals surface area contributed by atoms with Crippen molar-refractivity contribution in [3.05, 3.63) is 58.6 Å². The normalized spacial score (nSPS) is 11.2. The second-order valence-electron chi connectivity index (χ2n) is 6.94. The number of nitrogens with two attached hydrogens (primary N) is 1. The summed E-state index contributed by atoms with van der Waals surface area (Å²) in [4.78, 5) is 14.4. The van der Waals surface area contributed by atoms with E-state index in [0.29, 0.717) is 18.4 Å². The number of benzene rings is 2. The number of Topliss-reactive ketones (excluding diaryl/α,β-unsaturated/α-hetero) is 1. The Morgan fingerprint density at radius 2 is 1.83 bits per heavy atom. The van der Waals surface area contributed by atoms with Gasteiger partial charge >= 0.3 is 0 Å². The molecule has 0 saturated heterocycles. The van der Waals surface area contributed by atoms with Crippen molar-refractivity contribution in [2.75, 3.05) is 27.2 Å². The maximum atomic E-state index is 12.4. The number of methoxy groups -OCH3 is 1. The Labute approximate surface area is 189 Å². The summed E-state index contributed by atoms with van der Waals surface area (Å²) in [5, 5.41) is 5.99. The van der Waals surface area contributed by atoms with Crippen LogP contribution in [0.5, 0.6) is 5.75 Å². The molecular formula is C21H28Cl2N2O4S. The number of carbonyl (C=O) groups excluding carboxylic acids is 1. The molecule has 2 aromatic carbocycles. The number of unbranched alkanes of at least 4 members (excludes halogenated alkanes) is 1. The molecule has 0 aromatic heterocycles. The van der Waals surface area contributed by atoms with Crippen LogP contribution in [-0.2, 0) is 16.4 Å². The van der Waals surface area contributed by atoms with E-state index in [-0.39, 0.29) is 28.8 Å². The molecule has 0 saturated carbocycles. The Hall–Kier alpha value is -1.64. The standard InChI is InChI=1S/C21H27ClN2O4S.ClH/c1-24(14-12-16-7-3-4-8-18(16)22)13-6-5-9-19(25)17-10-11-20(28-2)21(15-17)29(23,26)27;/h3-4,7-8,10-11,15H,5-6,9,12-14H2,1-2H3,(H2,23,26,27);1H. The Kier molecular flexibility index (Phi) is 10.8. The molecule has 0 bridgehead atoms. The van der Waals surface area contributed by atoms with Gasteiger partial charge < -0.3 is 9.64 Å². The number of sulfonamides is 1. The summed E-state index contributed by atoms with van der Waals surface area (Å²) < 4.78 is 28.4. The number of carbonyl (C=O) groups is 1. The van der Waals surface area contributed by atoms with Crippen LogP contribution in [0.4, 0.5) is 0 Å². The highest BCUT2D eigenvalue weighted by atomic mass is 35.5. The smallest absolute Gasteiger partial charge is 0.241 e. The van der Waals surface area contributed by atoms with Crippen molar-refractivity contribution in [3.8, 4) is 5.75 Å². The molecule has 9 heteroatoms. The van der Waals surface area contributed by atoms with E-state index in [0.717, 1.165) is 36.5 Å². The summed E-state index contributed by atoms with van der Waals surface area (Å²) >= 11 is 6.18. The van der Waals surface area contributed by atoms with Gasteiger partial charge in [0.05, 0.1) is 7.11 Å². The lowest BCUT2D eigenvalue weighted by Crippen LogP contribution is -2.22. The van der Waals surface area contributed by atoms with Gasteiger partial charge in [0.15, 0.2) is 5.78 Å². The minimum absolute atomic E-state index is 0. The lowest BCUT2D eigenvalue weighted by Gasteiger charge is -2.16. The number of ketones is 1. The molecule has 0 aliphatic carbocycles. The van der Waals surface area contributed by atoms with Crippen LogP contribution in [0.15, 0.2) is 47.4 Å². The average molecular weight is 475 g/mol. The Bertz CT molecular complexity index is 952. The predicted molar refractivity (Wildman–Crippen MR) is 122 cm³/mol. The SMILES string of the molecule is COc1ccc(C(=O)CCCCN(C)CCc2ccccc2Cl)cc1S(N)(=O)=O.Cl. The van der Waals surface area contributed by atoms with Crippen molar-refractivity contribution in [3.63, 3.8) is 0 Å². The lowest BCUT2D eigenvalue weighted by molar-refractivity contribution is 0.0978. The van der Waals surface area contributed by atoms with Crippen LogP contribution in [0, 0.1) is 0 Å². The van der Waals surface area contributed by atoms with E-state index in [1.165, 1.54) is 19.2 Å². The highest BCUT2D eigenvalue weighted by Crippen LogP contribution is 2.24. The number of hydrogen-bond donors (Lipinski definition) is 1. The van der Waals surface area contributed by atoms with Gasteiger partial charge in [0, 0.05) is 23.6 Å². The fraction of sp³-hybridized carbons (Fsp3) is 0.381. The van der Waals surface area contributed by atoms with Crippen molar-refractivity contribution >= 4 is 39.8 Å². The first-order valence-electron chi connectivity index (χ1n) is 9.38. The molecule has 0 heterocycles. The first-order chi connectivity index (χ1) is 13.7. The first-order valence-corrected chi connectivity index (χ1v) is 11.3. The Balaban J connectivity index is 0.00000450. The zero-order chi connectivity index (χ0) is 21.4. The van der Waals surface area contributed by atoms with Gasteiger partial charge in [-0.1, -0.05) is 29.8 Å². The van der Waals surface area contributed by atoms with Crippen LogP contribution in [0.3, 0.4) is 0 Å². The fourth-order valence-corrected chi connectivity index (χ4v) is 3.96. The summed E-state index contributed by atoms with van der Waals surface area (Å²) in [6.07, 6.45) is 2.79. The predicted octanol–water partition coefficient (Wildman–Crippen LogP) is 3.95. The average Bonchev–Trinajstić information content (AvgIpc) is 2.69. The van der Waals surface area contributed by atoms with Gasteiger partial charge in [0.1, 0.15) is 10.6 Å². The van der Waals surface area contributed by atoms with E-state index < -0.39 is 10.0 Å². The van der Waals surface area contributed by atoms with E-state index in [9.17, 15) is 13.2 Å². The largest absolute Gasteiger partial charge is 0.495 e. The van der Waals surface area contributed by atoms with Crippen LogP contribution in [-0.4, -0.2) is 46.3 Å². The number of rotatable bonds is 11. The monoisotopic (exact) mass is 474 g/mol. The maximum Gasteiger partial charge on any atom is 0.241 e. The molecule has 166 valence electrons. The number of nitrogens with zero attached hydrogens (tertiary/aromatic N) is 1. The summed E-state index contributed by atoms with van der Waals surface area (Å²) in [6.45, 7) is 1.75. The topological polar surface area (TPSA) is 89.7 Å². The van der Waals surface area contributed by atoms with Crippen molar-refractivity contribution in [1.29, 1.82) is 0 Å². The molecule has 2 rings (SSSR count). The molecule has 0 aliphatic rings. The van der Waals surface area contributed by atoms with Gasteiger partial charge in [-0.25, -0.2) is 13.6 Å². The molecule has 0 unspecified atom stereocenters. The number of hydrogen-bond acceptors (Lipinski definition) is 5. The van der Waals surface area contributed by atoms with Crippen LogP contribution in [0.25, 0.3) is 0 Å². The van der Waals surface area contributed by atoms with Crippen molar-refractivity contribution < 1.29 is 17.9 Å². The molecule has 0 spiro atoms. The molecule has 0 aliphatic heterocycles. The lowest BCUT2D eigenvalue weighted by atomic mass is 10.1. The van der Waals surface area contributed by atoms with E-state index in [1.807, 2.05) is 31.3 Å². The minimum Gasteiger partial charge on any atom is -0.495 e. The quantitative estimate of drug-likeness (QED) is 0.393. The molecule has 2 N–H and O–H groups in total. The summed E-state index contributed by atoms with van der Waals surface area (Å²) in [6, 6.07) is 12.1. The number of ether oxygens (including phenoxy) is 1. The molecule has 0 amide bonds. The number of primary sulfonamides is 1. The van der Waals surface area contributed by atoms with E-state index in [2.05, 4.69) is 4.90 Å². The Morgan fingerprint density at radius 3 is 2.47 bits per heavy atom. The van der Waals surface area contributed by atoms with Crippen molar-refractivity contribution in [2.24, 2.45) is 5.14 Å². The van der Waals surface area contributed by atoms with E-state index in [1.54, 1.807) is 6.07 Å². The Morgan fingerprint density at radius 1 is 1.13 bits per heavy atom. The summed E-state index contributed by atoms with van der Waals surface area (Å²) in [5.41, 5.74) is 1.45. The van der Waals surface area contributed by atoms with Crippen LogP contribution in [0.1, 0.15) is 35.2 Å². The van der Waals surface area contributed by atoms with Gasteiger partial charge in [-0.05, 0) is 62.7 Å². The second-order valence-corrected chi connectivity index (χ2v) is 8.87. The molecular weight excluding hydrogens is 447 g/mol. The van der Waals surface area contributed by atoms with Gasteiger partial charge in [-0.15, -0.1) is 12.4 Å². The summed E-state index contributed by atoms with van der Waals surface area (Å²) in [7, 11) is -0.567. The number of likely N-dealkylation sites (N-methyl/N-ethyl adjacent to an activating group) is 1. The van der Waals surface area contributed by atoms with Crippen LogP contribution >= 0.6 is 24.0 Å². The molecule has 30 heavy (non-hydrogen) atoms. The second kappa shape index (κ2) is 12.3. The van der Waals surface area contributed by atoms with Gasteiger partial charge in [-0.3, -0.25) is 4.79 Å². The third-order valence-electron chi connectivity index (χ3n) is 4.71. The van der Waals surface area contributed by atoms with Gasteiger partial charge in [-0.2, -0.15) is 0 Å². The van der Waals surface area contributed by atoms with Crippen LogP contribution < -0.4 is 9.88 Å². The van der Waals surface area contributed by atoms with E-state index in [4.69, 9.17) is 21.5 Å². The fourth-order valence-electron chi connectivity index (χ4n) is 3.01. The van der Waals surface area contributed by atoms with Gasteiger partial charge in [0.25, 0.3) is 0 Å². The third-order valence-corrected chi connectivity index (χ3v) is 6.01. The highest BCUT2D eigenvalue weighted by molar-refractivity contribution is 7.89. The molecule has 0 radical (unpaired) electrons.